The predicted molar refractivity (Wildman–Crippen MR) is 139 cm³/mol. The Hall–Kier alpha value is -3.49. The van der Waals surface area contributed by atoms with Crippen LogP contribution in [0.5, 0.6) is 17.2 Å². The van der Waals surface area contributed by atoms with E-state index in [1.54, 1.807) is 36.4 Å². The van der Waals surface area contributed by atoms with Gasteiger partial charge in [0.2, 0.25) is 0 Å². The molecule has 0 saturated heterocycles. The van der Waals surface area contributed by atoms with Gasteiger partial charge in [0.05, 0.1) is 0 Å². The summed E-state index contributed by atoms with van der Waals surface area (Å²) in [7, 11) is -3.93. The first kappa shape index (κ1) is 25.1. The molecule has 4 rings (SSSR count). The molecule has 34 heavy (non-hydrogen) atoms. The van der Waals surface area contributed by atoms with Gasteiger partial charge in [-0.3, -0.25) is 0 Å². The Morgan fingerprint density at radius 1 is 0.441 bits per heavy atom. The second kappa shape index (κ2) is 11.6. The first-order valence-electron chi connectivity index (χ1n) is 11.1. The molecule has 0 aliphatic heterocycles. The minimum absolute atomic E-state index is 0.415. The Morgan fingerprint density at radius 3 is 0.941 bits per heavy atom. The van der Waals surface area contributed by atoms with Gasteiger partial charge in [0.25, 0.3) is 0 Å². The minimum Gasteiger partial charge on any atom is -0.386 e. The lowest BCUT2D eigenvalue weighted by molar-refractivity contribution is 0.298. The molecule has 0 atom stereocenters. The summed E-state index contributed by atoms with van der Waals surface area (Å²) in [5.74, 6) is 1.24. The van der Waals surface area contributed by atoms with E-state index in [1.165, 1.54) is 11.1 Å². The molecule has 0 spiro atoms. The highest BCUT2D eigenvalue weighted by molar-refractivity contribution is 7.49. The first-order chi connectivity index (χ1) is 16.2. The third kappa shape index (κ3) is 7.83. The molecule has 4 aromatic carbocycles. The van der Waals surface area contributed by atoms with Crippen molar-refractivity contribution >= 4 is 7.82 Å². The van der Waals surface area contributed by atoms with Gasteiger partial charge < -0.3 is 13.6 Å². The van der Waals surface area contributed by atoms with Crippen molar-refractivity contribution in [1.29, 1.82) is 0 Å². The van der Waals surface area contributed by atoms with Crippen LogP contribution in [0.4, 0.5) is 0 Å². The molecule has 5 heteroatoms. The van der Waals surface area contributed by atoms with E-state index in [2.05, 4.69) is 38.1 Å². The van der Waals surface area contributed by atoms with Crippen LogP contribution in [-0.2, 0) is 4.57 Å². The maximum Gasteiger partial charge on any atom is 0.647 e. The van der Waals surface area contributed by atoms with Gasteiger partial charge in [0.1, 0.15) is 17.2 Å². The maximum atomic E-state index is 13.3. The Kier molecular flexibility index (Phi) is 8.56. The monoisotopic (exact) mass is 474 g/mol. The van der Waals surface area contributed by atoms with Gasteiger partial charge in [-0.05, 0) is 82.1 Å². The molecule has 0 bridgehead atoms. The van der Waals surface area contributed by atoms with Gasteiger partial charge in [-0.25, -0.2) is 0 Å². The van der Waals surface area contributed by atoms with Crippen molar-refractivity contribution in [3.8, 4) is 17.2 Å². The van der Waals surface area contributed by atoms with Crippen molar-refractivity contribution in [3.63, 3.8) is 0 Å². The van der Waals surface area contributed by atoms with E-state index in [4.69, 9.17) is 13.6 Å². The number of phosphoric acid groups is 1. The quantitative estimate of drug-likeness (QED) is 0.263. The summed E-state index contributed by atoms with van der Waals surface area (Å²) >= 11 is 0. The highest BCUT2D eigenvalue weighted by Gasteiger charge is 2.33. The highest BCUT2D eigenvalue weighted by Crippen LogP contribution is 2.49. The topological polar surface area (TPSA) is 44.8 Å². The zero-order valence-corrected chi connectivity index (χ0v) is 21.2. The third-order valence-corrected chi connectivity index (χ3v) is 6.44. The fraction of sp³-hybridized carbons (Fsp3) is 0.172. The standard InChI is InChI=1S/C21H21O4P.C8H10/c1-16-4-10-19(11-5-16)23-26(22,24-20-12-6-17(2)7-13-20)25-21-14-8-18(3)9-15-21;1-7-5-3-4-6-8(7)2/h4-15H,1-3H3;3-6H,1-2H3. The molecule has 0 fully saturated rings. The Balaban J connectivity index is 0.000000343. The number of hydrogen-bond acceptors (Lipinski definition) is 4. The summed E-state index contributed by atoms with van der Waals surface area (Å²) in [6.45, 7) is 10.1. The fourth-order valence-corrected chi connectivity index (χ4v) is 4.15. The van der Waals surface area contributed by atoms with Gasteiger partial charge in [0, 0.05) is 0 Å². The van der Waals surface area contributed by atoms with E-state index in [9.17, 15) is 4.57 Å². The van der Waals surface area contributed by atoms with Crippen molar-refractivity contribution in [2.75, 3.05) is 0 Å². The molecule has 0 aliphatic rings. The van der Waals surface area contributed by atoms with Crippen LogP contribution in [0.25, 0.3) is 0 Å². The van der Waals surface area contributed by atoms with Crippen LogP contribution < -0.4 is 13.6 Å². The van der Waals surface area contributed by atoms with Crippen LogP contribution in [0, 0.1) is 34.6 Å². The molecule has 0 amide bonds. The van der Waals surface area contributed by atoms with Crippen LogP contribution in [0.3, 0.4) is 0 Å². The SMILES string of the molecule is Cc1ccc(OP(=O)(Oc2ccc(C)cc2)Oc2ccc(C)cc2)cc1.Cc1ccccc1C. The van der Waals surface area contributed by atoms with Crippen LogP contribution in [-0.4, -0.2) is 0 Å². The minimum atomic E-state index is -3.93. The largest absolute Gasteiger partial charge is 0.647 e. The van der Waals surface area contributed by atoms with Gasteiger partial charge in [0.15, 0.2) is 0 Å². The van der Waals surface area contributed by atoms with Gasteiger partial charge in [-0.15, -0.1) is 0 Å². The predicted octanol–water partition coefficient (Wildman–Crippen LogP) is 8.56. The Bertz CT molecular complexity index is 1090. The molecular formula is C29H31O4P. The van der Waals surface area contributed by atoms with Crippen molar-refractivity contribution in [2.24, 2.45) is 0 Å². The molecule has 0 aliphatic carbocycles. The number of benzene rings is 4. The summed E-state index contributed by atoms with van der Waals surface area (Å²) < 4.78 is 30.2. The molecule has 0 N–H and O–H groups in total. The molecule has 0 unspecified atom stereocenters. The third-order valence-electron chi connectivity index (χ3n) is 5.14. The maximum absolute atomic E-state index is 13.3. The normalized spacial score (nSPS) is 10.6. The van der Waals surface area contributed by atoms with Crippen LogP contribution in [0.2, 0.25) is 0 Å². The summed E-state index contributed by atoms with van der Waals surface area (Å²) in [6.07, 6.45) is 0. The van der Waals surface area contributed by atoms with Crippen LogP contribution in [0.1, 0.15) is 27.8 Å². The second-order valence-corrected chi connectivity index (χ2v) is 9.69. The van der Waals surface area contributed by atoms with Crippen LogP contribution in [0.15, 0.2) is 97.1 Å². The number of aryl methyl sites for hydroxylation is 5. The molecule has 4 aromatic rings. The van der Waals surface area contributed by atoms with Gasteiger partial charge in [-0.1, -0.05) is 77.4 Å². The van der Waals surface area contributed by atoms with E-state index in [1.807, 2.05) is 57.2 Å². The molecule has 0 heterocycles. The number of phosphoric ester groups is 1. The smallest absolute Gasteiger partial charge is 0.386 e. The molecule has 0 aromatic heterocycles. The molecule has 176 valence electrons. The van der Waals surface area contributed by atoms with Crippen molar-refractivity contribution < 1.29 is 18.1 Å². The fourth-order valence-electron chi connectivity index (χ4n) is 2.90. The van der Waals surface area contributed by atoms with Crippen molar-refractivity contribution in [2.45, 2.75) is 34.6 Å². The van der Waals surface area contributed by atoms with E-state index in [-0.39, 0.29) is 0 Å². The second-order valence-electron chi connectivity index (χ2n) is 8.24. The average molecular weight is 475 g/mol. The first-order valence-corrected chi connectivity index (χ1v) is 12.6. The molecule has 4 nitrogen and oxygen atoms in total. The Morgan fingerprint density at radius 2 is 0.706 bits per heavy atom. The van der Waals surface area contributed by atoms with Crippen molar-refractivity contribution in [1.82, 2.24) is 0 Å². The van der Waals surface area contributed by atoms with E-state index < -0.39 is 7.82 Å². The summed E-state index contributed by atoms with van der Waals surface area (Å²) in [5, 5.41) is 0. The lowest BCUT2D eigenvalue weighted by atomic mass is 10.1. The van der Waals surface area contributed by atoms with E-state index in [0.717, 1.165) is 16.7 Å². The molecule has 0 radical (unpaired) electrons. The van der Waals surface area contributed by atoms with Gasteiger partial charge in [-0.2, -0.15) is 4.57 Å². The summed E-state index contributed by atoms with van der Waals surface area (Å²) in [5.41, 5.74) is 5.96. The van der Waals surface area contributed by atoms with Crippen molar-refractivity contribution in [3.05, 3.63) is 125 Å². The lowest BCUT2D eigenvalue weighted by Gasteiger charge is -2.19. The average Bonchev–Trinajstić information content (AvgIpc) is 2.81. The van der Waals surface area contributed by atoms with Gasteiger partial charge >= 0.3 is 7.82 Å². The molecule has 0 saturated carbocycles. The van der Waals surface area contributed by atoms with Crippen LogP contribution >= 0.6 is 7.82 Å². The zero-order valence-electron chi connectivity index (χ0n) is 20.3. The Labute approximate surface area is 202 Å². The molecular weight excluding hydrogens is 443 g/mol. The lowest BCUT2D eigenvalue weighted by Crippen LogP contribution is -2.07. The number of hydrogen-bond donors (Lipinski definition) is 0. The number of rotatable bonds is 6. The summed E-state index contributed by atoms with van der Waals surface area (Å²) in [4.78, 5) is 0. The zero-order chi connectivity index (χ0) is 24.6. The van der Waals surface area contributed by atoms with E-state index >= 15 is 0 Å². The summed E-state index contributed by atoms with van der Waals surface area (Å²) in [6, 6.07) is 30.0. The highest BCUT2D eigenvalue weighted by atomic mass is 31.2. The van der Waals surface area contributed by atoms with E-state index in [0.29, 0.717) is 17.2 Å².